The molecule has 106 valence electrons. The number of halogens is 4. The van der Waals surface area contributed by atoms with Crippen LogP contribution < -0.4 is 10.6 Å². The maximum absolute atomic E-state index is 12.7. The van der Waals surface area contributed by atoms with Crippen LogP contribution >= 0.6 is 15.9 Å². The van der Waals surface area contributed by atoms with Gasteiger partial charge in [-0.15, -0.1) is 0 Å². The van der Waals surface area contributed by atoms with Crippen molar-refractivity contribution in [1.82, 2.24) is 4.98 Å². The minimum absolute atomic E-state index is 0.306. The molecule has 20 heavy (non-hydrogen) atoms. The molecule has 0 saturated carbocycles. The van der Waals surface area contributed by atoms with Gasteiger partial charge in [0.05, 0.1) is 11.3 Å². The number of pyridine rings is 1. The van der Waals surface area contributed by atoms with Crippen molar-refractivity contribution in [2.45, 2.75) is 6.18 Å². The zero-order valence-corrected chi connectivity index (χ0v) is 12.0. The predicted molar refractivity (Wildman–Crippen MR) is 76.2 cm³/mol. The summed E-state index contributed by atoms with van der Waals surface area (Å²) in [5.41, 5.74) is -0.409. The van der Waals surface area contributed by atoms with Crippen LogP contribution in [0.25, 0.3) is 0 Å². The fraction of sp³-hybridized carbons (Fsp3) is 0.154. The van der Waals surface area contributed by atoms with Gasteiger partial charge < -0.3 is 10.6 Å². The van der Waals surface area contributed by atoms with E-state index in [1.807, 2.05) is 0 Å². The third kappa shape index (κ3) is 3.41. The molecule has 2 rings (SSSR count). The summed E-state index contributed by atoms with van der Waals surface area (Å²) in [7, 11) is 1.71. The third-order valence-electron chi connectivity index (χ3n) is 2.56. The zero-order chi connectivity index (χ0) is 14.8. The molecule has 0 aliphatic rings. The number of nitrogens with zero attached hydrogens (tertiary/aromatic N) is 1. The van der Waals surface area contributed by atoms with E-state index in [1.54, 1.807) is 25.2 Å². The second kappa shape index (κ2) is 5.70. The second-order valence-electron chi connectivity index (χ2n) is 3.98. The Kier molecular flexibility index (Phi) is 4.17. The lowest BCUT2D eigenvalue weighted by Crippen LogP contribution is -2.06. The molecule has 0 unspecified atom stereocenters. The van der Waals surface area contributed by atoms with Crippen molar-refractivity contribution < 1.29 is 13.2 Å². The fourth-order valence-corrected chi connectivity index (χ4v) is 1.92. The maximum Gasteiger partial charge on any atom is 0.416 e. The van der Waals surface area contributed by atoms with Crippen molar-refractivity contribution in [1.29, 1.82) is 0 Å². The SMILES string of the molecule is CNc1cccc(Nc2cc(C(F)(F)F)ccc2Br)n1. The van der Waals surface area contributed by atoms with E-state index in [4.69, 9.17) is 0 Å². The number of rotatable bonds is 3. The van der Waals surface area contributed by atoms with Gasteiger partial charge in [-0.2, -0.15) is 13.2 Å². The van der Waals surface area contributed by atoms with Crippen LogP contribution in [0.1, 0.15) is 5.56 Å². The van der Waals surface area contributed by atoms with E-state index in [9.17, 15) is 13.2 Å². The van der Waals surface area contributed by atoms with Crippen molar-refractivity contribution in [2.24, 2.45) is 0 Å². The molecule has 3 nitrogen and oxygen atoms in total. The van der Waals surface area contributed by atoms with Gasteiger partial charge in [0.2, 0.25) is 0 Å². The highest BCUT2D eigenvalue weighted by Gasteiger charge is 2.30. The summed E-state index contributed by atoms with van der Waals surface area (Å²) in [6.45, 7) is 0. The molecular weight excluding hydrogens is 335 g/mol. The van der Waals surface area contributed by atoms with Crippen LogP contribution in [0.2, 0.25) is 0 Å². The highest BCUT2D eigenvalue weighted by molar-refractivity contribution is 9.10. The van der Waals surface area contributed by atoms with Gasteiger partial charge in [-0.05, 0) is 46.3 Å². The molecule has 0 amide bonds. The molecule has 1 heterocycles. The minimum atomic E-state index is -4.38. The van der Waals surface area contributed by atoms with Gasteiger partial charge in [-0.25, -0.2) is 4.98 Å². The predicted octanol–water partition coefficient (Wildman–Crippen LogP) is 4.65. The molecule has 0 fully saturated rings. The third-order valence-corrected chi connectivity index (χ3v) is 3.25. The van der Waals surface area contributed by atoms with Crippen LogP contribution in [0.5, 0.6) is 0 Å². The first-order chi connectivity index (χ1) is 9.40. The van der Waals surface area contributed by atoms with Crippen LogP contribution in [-0.2, 0) is 6.18 Å². The largest absolute Gasteiger partial charge is 0.416 e. The minimum Gasteiger partial charge on any atom is -0.373 e. The molecule has 1 aromatic heterocycles. The van der Waals surface area contributed by atoms with Gasteiger partial charge in [0.25, 0.3) is 0 Å². The fourth-order valence-electron chi connectivity index (χ4n) is 1.58. The normalized spacial score (nSPS) is 11.2. The zero-order valence-electron chi connectivity index (χ0n) is 10.4. The van der Waals surface area contributed by atoms with Crippen LogP contribution in [0.4, 0.5) is 30.5 Å². The lowest BCUT2D eigenvalue weighted by atomic mass is 10.2. The quantitative estimate of drug-likeness (QED) is 0.850. The number of anilines is 3. The van der Waals surface area contributed by atoms with Gasteiger partial charge in [-0.3, -0.25) is 0 Å². The van der Waals surface area contributed by atoms with Crippen LogP contribution in [0.3, 0.4) is 0 Å². The Morgan fingerprint density at radius 3 is 2.45 bits per heavy atom. The van der Waals surface area contributed by atoms with E-state index in [1.165, 1.54) is 6.07 Å². The van der Waals surface area contributed by atoms with Crippen molar-refractivity contribution in [3.8, 4) is 0 Å². The van der Waals surface area contributed by atoms with E-state index in [0.29, 0.717) is 21.8 Å². The first kappa shape index (κ1) is 14.6. The highest BCUT2D eigenvalue weighted by atomic mass is 79.9. The Hall–Kier alpha value is -1.76. The number of alkyl halides is 3. The molecule has 0 aliphatic carbocycles. The second-order valence-corrected chi connectivity index (χ2v) is 4.83. The molecule has 2 N–H and O–H groups in total. The Morgan fingerprint density at radius 2 is 1.80 bits per heavy atom. The Labute approximate surface area is 122 Å². The standard InChI is InChI=1S/C13H11BrF3N3/c1-18-11-3-2-4-12(20-11)19-10-7-8(13(15,16)17)5-6-9(10)14/h2-7H,1H3,(H2,18,19,20). The van der Waals surface area contributed by atoms with Gasteiger partial charge >= 0.3 is 6.18 Å². The van der Waals surface area contributed by atoms with Crippen molar-refractivity contribution in [2.75, 3.05) is 17.7 Å². The topological polar surface area (TPSA) is 37.0 Å². The molecule has 0 saturated heterocycles. The van der Waals surface area contributed by atoms with E-state index >= 15 is 0 Å². The van der Waals surface area contributed by atoms with E-state index in [0.717, 1.165) is 12.1 Å². The molecule has 0 bridgehead atoms. The molecule has 7 heteroatoms. The highest BCUT2D eigenvalue weighted by Crippen LogP contribution is 2.34. The summed E-state index contributed by atoms with van der Waals surface area (Å²) in [5.74, 6) is 1.08. The number of hydrogen-bond donors (Lipinski definition) is 2. The van der Waals surface area contributed by atoms with E-state index < -0.39 is 11.7 Å². The summed E-state index contributed by atoms with van der Waals surface area (Å²) < 4.78 is 38.6. The van der Waals surface area contributed by atoms with Gasteiger partial charge in [0.1, 0.15) is 11.6 Å². The molecule has 0 atom stereocenters. The Morgan fingerprint density at radius 1 is 1.10 bits per heavy atom. The smallest absolute Gasteiger partial charge is 0.373 e. The summed E-state index contributed by atoms with van der Waals surface area (Å²) in [6, 6.07) is 8.60. The number of benzene rings is 1. The Bertz CT molecular complexity index is 614. The van der Waals surface area contributed by atoms with Gasteiger partial charge in [0.15, 0.2) is 0 Å². The lowest BCUT2D eigenvalue weighted by Gasteiger charge is -2.12. The molecule has 1 aromatic carbocycles. The average molecular weight is 346 g/mol. The molecule has 0 aliphatic heterocycles. The lowest BCUT2D eigenvalue weighted by molar-refractivity contribution is -0.137. The van der Waals surface area contributed by atoms with Crippen molar-refractivity contribution in [3.63, 3.8) is 0 Å². The summed E-state index contributed by atoms with van der Waals surface area (Å²) in [5, 5.41) is 5.72. The van der Waals surface area contributed by atoms with Gasteiger partial charge in [0, 0.05) is 11.5 Å². The molecule has 0 radical (unpaired) electrons. The van der Waals surface area contributed by atoms with Crippen LogP contribution in [-0.4, -0.2) is 12.0 Å². The van der Waals surface area contributed by atoms with Crippen LogP contribution in [0.15, 0.2) is 40.9 Å². The first-order valence-corrected chi connectivity index (χ1v) is 6.48. The molecular formula is C13H11BrF3N3. The summed E-state index contributed by atoms with van der Waals surface area (Å²) in [6.07, 6.45) is -4.38. The Balaban J connectivity index is 2.32. The number of hydrogen-bond acceptors (Lipinski definition) is 3. The number of aromatic nitrogens is 1. The maximum atomic E-state index is 12.7. The summed E-state index contributed by atoms with van der Waals surface area (Å²) >= 11 is 3.22. The number of nitrogens with one attached hydrogen (secondary N) is 2. The molecule has 0 spiro atoms. The van der Waals surface area contributed by atoms with E-state index in [2.05, 4.69) is 31.5 Å². The first-order valence-electron chi connectivity index (χ1n) is 5.69. The monoisotopic (exact) mass is 345 g/mol. The summed E-state index contributed by atoms with van der Waals surface area (Å²) in [4.78, 5) is 4.20. The van der Waals surface area contributed by atoms with Crippen molar-refractivity contribution >= 4 is 33.3 Å². The van der Waals surface area contributed by atoms with E-state index in [-0.39, 0.29) is 0 Å². The van der Waals surface area contributed by atoms with Gasteiger partial charge in [-0.1, -0.05) is 6.07 Å². The van der Waals surface area contributed by atoms with Crippen molar-refractivity contribution in [3.05, 3.63) is 46.4 Å². The molecule has 2 aromatic rings. The van der Waals surface area contributed by atoms with Crippen LogP contribution in [0, 0.1) is 0 Å². The average Bonchev–Trinajstić information content (AvgIpc) is 2.40.